The zero-order chi connectivity index (χ0) is 15.5. The third-order valence-electron chi connectivity index (χ3n) is 2.96. The number of anilines is 1. The number of furan rings is 1. The highest BCUT2D eigenvalue weighted by Crippen LogP contribution is 2.26. The van der Waals surface area contributed by atoms with Gasteiger partial charge in [-0.3, -0.25) is 4.72 Å². The lowest BCUT2D eigenvalue weighted by Gasteiger charge is -2.09. The molecule has 114 valence electrons. The van der Waals surface area contributed by atoms with E-state index in [-0.39, 0.29) is 5.09 Å². The molecule has 1 aromatic heterocycles. The largest absolute Gasteiger partial charge is 0.446 e. The van der Waals surface area contributed by atoms with Gasteiger partial charge in [0, 0.05) is 5.02 Å². The minimum Gasteiger partial charge on any atom is -0.446 e. The van der Waals surface area contributed by atoms with Gasteiger partial charge >= 0.3 is 0 Å². The Morgan fingerprint density at radius 1 is 1.24 bits per heavy atom. The van der Waals surface area contributed by atoms with Crippen molar-refractivity contribution in [1.82, 2.24) is 5.32 Å². The van der Waals surface area contributed by atoms with Crippen LogP contribution in [0.25, 0.3) is 0 Å². The minimum absolute atomic E-state index is 0.116. The summed E-state index contributed by atoms with van der Waals surface area (Å²) in [5, 5.41) is 3.46. The lowest BCUT2D eigenvalue weighted by Crippen LogP contribution is -2.13. The summed E-state index contributed by atoms with van der Waals surface area (Å²) in [6, 6.07) is 8.13. The third-order valence-corrected chi connectivity index (χ3v) is 4.61. The molecular formula is C14H17ClN2O3S. The molecule has 0 fully saturated rings. The summed E-state index contributed by atoms with van der Waals surface area (Å²) in [5.41, 5.74) is 1.11. The Kier molecular flexibility index (Phi) is 4.92. The molecule has 0 aliphatic carbocycles. The zero-order valence-electron chi connectivity index (χ0n) is 11.8. The standard InChI is InChI=1S/C14H17ClN2O3S/c1-3-16-9-11-7-8-14(20-11)21(18,19)17-13-6-4-5-12(15)10(13)2/h4-8,16-17H,3,9H2,1-2H3. The van der Waals surface area contributed by atoms with Crippen LogP contribution < -0.4 is 10.0 Å². The normalized spacial score (nSPS) is 11.6. The average molecular weight is 329 g/mol. The topological polar surface area (TPSA) is 71.3 Å². The van der Waals surface area contributed by atoms with Crippen molar-refractivity contribution in [3.8, 4) is 0 Å². The van der Waals surface area contributed by atoms with Crippen molar-refractivity contribution < 1.29 is 12.8 Å². The fourth-order valence-electron chi connectivity index (χ4n) is 1.76. The Bertz CT molecular complexity index is 726. The molecule has 1 heterocycles. The smallest absolute Gasteiger partial charge is 0.295 e. The van der Waals surface area contributed by atoms with Gasteiger partial charge in [0.15, 0.2) is 0 Å². The monoisotopic (exact) mass is 328 g/mol. The van der Waals surface area contributed by atoms with Gasteiger partial charge in [0.1, 0.15) is 5.76 Å². The molecular weight excluding hydrogens is 312 g/mol. The Labute approximate surface area is 129 Å². The van der Waals surface area contributed by atoms with E-state index in [0.29, 0.717) is 28.6 Å². The van der Waals surface area contributed by atoms with Crippen molar-refractivity contribution in [1.29, 1.82) is 0 Å². The van der Waals surface area contributed by atoms with Gasteiger partial charge in [0.2, 0.25) is 5.09 Å². The highest BCUT2D eigenvalue weighted by atomic mass is 35.5. The number of rotatable bonds is 6. The molecule has 0 aliphatic heterocycles. The van der Waals surface area contributed by atoms with Crippen LogP contribution in [-0.4, -0.2) is 15.0 Å². The molecule has 0 saturated carbocycles. The van der Waals surface area contributed by atoms with Gasteiger partial charge < -0.3 is 9.73 Å². The molecule has 0 bridgehead atoms. The highest BCUT2D eigenvalue weighted by Gasteiger charge is 2.20. The van der Waals surface area contributed by atoms with Crippen molar-refractivity contribution in [3.05, 3.63) is 46.7 Å². The fraction of sp³-hybridized carbons (Fsp3) is 0.286. The number of hydrogen-bond acceptors (Lipinski definition) is 4. The highest BCUT2D eigenvalue weighted by molar-refractivity contribution is 7.92. The van der Waals surface area contributed by atoms with Gasteiger partial charge in [-0.2, -0.15) is 8.42 Å². The number of nitrogens with one attached hydrogen (secondary N) is 2. The summed E-state index contributed by atoms with van der Waals surface area (Å²) in [5.74, 6) is 0.569. The molecule has 0 radical (unpaired) electrons. The molecule has 21 heavy (non-hydrogen) atoms. The van der Waals surface area contributed by atoms with Gasteiger partial charge in [-0.1, -0.05) is 24.6 Å². The first-order valence-electron chi connectivity index (χ1n) is 6.51. The van der Waals surface area contributed by atoms with Crippen LogP contribution in [0.2, 0.25) is 5.02 Å². The van der Waals surface area contributed by atoms with Crippen molar-refractivity contribution in [2.24, 2.45) is 0 Å². The predicted octanol–water partition coefficient (Wildman–Crippen LogP) is 3.15. The molecule has 2 rings (SSSR count). The summed E-state index contributed by atoms with van der Waals surface area (Å²) in [6.45, 7) is 4.98. The molecule has 2 N–H and O–H groups in total. The SMILES string of the molecule is CCNCc1ccc(S(=O)(=O)Nc2cccc(Cl)c2C)o1. The van der Waals surface area contributed by atoms with E-state index in [4.69, 9.17) is 16.0 Å². The first-order valence-corrected chi connectivity index (χ1v) is 8.37. The van der Waals surface area contributed by atoms with Crippen molar-refractivity contribution in [3.63, 3.8) is 0 Å². The van der Waals surface area contributed by atoms with Crippen LogP contribution in [-0.2, 0) is 16.6 Å². The Morgan fingerprint density at radius 2 is 2.00 bits per heavy atom. The number of sulfonamides is 1. The molecule has 1 aromatic carbocycles. The van der Waals surface area contributed by atoms with Crippen LogP contribution in [0.4, 0.5) is 5.69 Å². The maximum absolute atomic E-state index is 12.3. The van der Waals surface area contributed by atoms with E-state index in [0.717, 1.165) is 6.54 Å². The first-order chi connectivity index (χ1) is 9.94. The van der Waals surface area contributed by atoms with Crippen LogP contribution in [0.3, 0.4) is 0 Å². The van der Waals surface area contributed by atoms with Crippen molar-refractivity contribution >= 4 is 27.3 Å². The molecule has 0 saturated heterocycles. The molecule has 0 unspecified atom stereocenters. The lowest BCUT2D eigenvalue weighted by molar-refractivity contribution is 0.405. The van der Waals surface area contributed by atoms with Gasteiger partial charge in [0.05, 0.1) is 12.2 Å². The molecule has 0 atom stereocenters. The second kappa shape index (κ2) is 6.51. The van der Waals surface area contributed by atoms with E-state index >= 15 is 0 Å². The number of benzene rings is 1. The van der Waals surface area contributed by atoms with Crippen LogP contribution in [0, 0.1) is 6.92 Å². The summed E-state index contributed by atoms with van der Waals surface area (Å²) < 4.78 is 32.4. The summed E-state index contributed by atoms with van der Waals surface area (Å²) in [4.78, 5) is 0. The molecule has 0 amide bonds. The van der Waals surface area contributed by atoms with Gasteiger partial charge in [0.25, 0.3) is 10.0 Å². The Hall–Kier alpha value is -1.50. The van der Waals surface area contributed by atoms with E-state index in [1.807, 2.05) is 6.92 Å². The second-order valence-electron chi connectivity index (χ2n) is 4.52. The average Bonchev–Trinajstić information content (AvgIpc) is 2.91. The maximum Gasteiger partial charge on any atom is 0.295 e. The molecule has 7 heteroatoms. The van der Waals surface area contributed by atoms with E-state index in [9.17, 15) is 8.42 Å². The minimum atomic E-state index is -3.76. The van der Waals surface area contributed by atoms with Crippen molar-refractivity contribution in [2.75, 3.05) is 11.3 Å². The predicted molar refractivity (Wildman–Crippen MR) is 83.1 cm³/mol. The molecule has 5 nitrogen and oxygen atoms in total. The van der Waals surface area contributed by atoms with E-state index in [1.54, 1.807) is 31.2 Å². The van der Waals surface area contributed by atoms with Crippen LogP contribution in [0.5, 0.6) is 0 Å². The summed E-state index contributed by atoms with van der Waals surface area (Å²) in [6.07, 6.45) is 0. The van der Waals surface area contributed by atoms with E-state index in [1.165, 1.54) is 6.07 Å². The first kappa shape index (κ1) is 15.9. The van der Waals surface area contributed by atoms with E-state index < -0.39 is 10.0 Å². The third kappa shape index (κ3) is 3.78. The molecule has 0 aliphatic rings. The Balaban J connectivity index is 2.22. The maximum atomic E-state index is 12.3. The molecule has 0 spiro atoms. The second-order valence-corrected chi connectivity index (χ2v) is 6.54. The number of hydrogen-bond donors (Lipinski definition) is 2. The van der Waals surface area contributed by atoms with Crippen molar-refractivity contribution in [2.45, 2.75) is 25.5 Å². The van der Waals surface area contributed by atoms with Crippen LogP contribution in [0.15, 0.2) is 39.8 Å². The summed E-state index contributed by atoms with van der Waals surface area (Å²) >= 11 is 5.98. The molecule has 2 aromatic rings. The zero-order valence-corrected chi connectivity index (χ0v) is 13.4. The van der Waals surface area contributed by atoms with Crippen LogP contribution >= 0.6 is 11.6 Å². The Morgan fingerprint density at radius 3 is 2.71 bits per heavy atom. The van der Waals surface area contributed by atoms with Gasteiger partial charge in [-0.25, -0.2) is 0 Å². The van der Waals surface area contributed by atoms with Gasteiger partial charge in [-0.05, 0) is 43.3 Å². The summed E-state index contributed by atoms with van der Waals surface area (Å²) in [7, 11) is -3.76. The quantitative estimate of drug-likeness (QED) is 0.854. The van der Waals surface area contributed by atoms with Crippen LogP contribution in [0.1, 0.15) is 18.2 Å². The van der Waals surface area contributed by atoms with Gasteiger partial charge in [-0.15, -0.1) is 0 Å². The fourth-order valence-corrected chi connectivity index (χ4v) is 3.01. The van der Waals surface area contributed by atoms with E-state index in [2.05, 4.69) is 10.0 Å². The lowest BCUT2D eigenvalue weighted by atomic mass is 10.2. The number of halogens is 1.